The van der Waals surface area contributed by atoms with Gasteiger partial charge in [-0.2, -0.15) is 11.3 Å². The van der Waals surface area contributed by atoms with Gasteiger partial charge in [0.1, 0.15) is 0 Å². The summed E-state index contributed by atoms with van der Waals surface area (Å²) in [6.45, 7) is 7.76. The minimum absolute atomic E-state index is 0.221. The molecule has 0 spiro atoms. The van der Waals surface area contributed by atoms with E-state index in [0.29, 0.717) is 0 Å². The lowest BCUT2D eigenvalue weighted by atomic mass is 10.1. The van der Waals surface area contributed by atoms with E-state index in [1.807, 2.05) is 13.0 Å². The lowest BCUT2D eigenvalue weighted by molar-refractivity contribution is -0.385. The van der Waals surface area contributed by atoms with Crippen molar-refractivity contribution in [1.82, 2.24) is 9.80 Å². The van der Waals surface area contributed by atoms with E-state index < -0.39 is 0 Å². The molecule has 2 aromatic rings. The summed E-state index contributed by atoms with van der Waals surface area (Å²) in [6, 6.07) is 7.55. The standard InChI is InChI=1S/C17H21N3O2S/c1-14-16(3-2-4-17(14)20(21)22)12-19-8-6-18(7-9-19)11-15-5-10-23-13-15/h2-5,10,13H,6-9,11-12H2,1H3. The van der Waals surface area contributed by atoms with Crippen LogP contribution < -0.4 is 0 Å². The third kappa shape index (κ3) is 3.96. The second kappa shape index (κ2) is 7.21. The summed E-state index contributed by atoms with van der Waals surface area (Å²) in [7, 11) is 0. The van der Waals surface area contributed by atoms with Crippen LogP contribution in [0, 0.1) is 17.0 Å². The van der Waals surface area contributed by atoms with Gasteiger partial charge in [0.2, 0.25) is 0 Å². The van der Waals surface area contributed by atoms with Gasteiger partial charge >= 0.3 is 0 Å². The molecule has 6 heteroatoms. The van der Waals surface area contributed by atoms with Gasteiger partial charge in [0.05, 0.1) is 4.92 Å². The predicted octanol–water partition coefficient (Wildman–Crippen LogP) is 3.28. The van der Waals surface area contributed by atoms with Crippen molar-refractivity contribution >= 4 is 17.0 Å². The summed E-state index contributed by atoms with van der Waals surface area (Å²) in [5, 5.41) is 15.4. The topological polar surface area (TPSA) is 49.6 Å². The number of nitro benzene ring substituents is 1. The molecule has 5 nitrogen and oxygen atoms in total. The van der Waals surface area contributed by atoms with Crippen LogP contribution in [0.4, 0.5) is 5.69 Å². The molecule has 0 aliphatic carbocycles. The summed E-state index contributed by atoms with van der Waals surface area (Å²) < 4.78 is 0. The van der Waals surface area contributed by atoms with Gasteiger partial charge in [0.25, 0.3) is 5.69 Å². The van der Waals surface area contributed by atoms with Gasteiger partial charge in [0, 0.05) is 50.9 Å². The van der Waals surface area contributed by atoms with Gasteiger partial charge in [-0.15, -0.1) is 0 Å². The monoisotopic (exact) mass is 331 g/mol. The van der Waals surface area contributed by atoms with E-state index in [1.54, 1.807) is 23.5 Å². The smallest absolute Gasteiger partial charge is 0.272 e. The summed E-state index contributed by atoms with van der Waals surface area (Å²) in [6.07, 6.45) is 0. The van der Waals surface area contributed by atoms with Crippen LogP contribution in [0.25, 0.3) is 0 Å². The van der Waals surface area contributed by atoms with E-state index in [2.05, 4.69) is 26.6 Å². The highest BCUT2D eigenvalue weighted by molar-refractivity contribution is 7.07. The zero-order valence-corrected chi connectivity index (χ0v) is 14.1. The molecule has 1 saturated heterocycles. The Morgan fingerprint density at radius 1 is 1.13 bits per heavy atom. The number of nitrogens with zero attached hydrogens (tertiary/aromatic N) is 3. The van der Waals surface area contributed by atoms with E-state index in [9.17, 15) is 10.1 Å². The molecule has 1 aromatic carbocycles. The molecular weight excluding hydrogens is 310 g/mol. The predicted molar refractivity (Wildman–Crippen MR) is 92.7 cm³/mol. The molecule has 0 N–H and O–H groups in total. The first-order valence-corrected chi connectivity index (χ1v) is 8.76. The third-order valence-electron chi connectivity index (χ3n) is 4.46. The van der Waals surface area contributed by atoms with Gasteiger partial charge in [0.15, 0.2) is 0 Å². The van der Waals surface area contributed by atoms with Gasteiger partial charge in [-0.05, 0) is 34.9 Å². The molecule has 1 aliphatic rings. The quantitative estimate of drug-likeness (QED) is 0.623. The van der Waals surface area contributed by atoms with Crippen molar-refractivity contribution in [3.05, 3.63) is 61.8 Å². The van der Waals surface area contributed by atoms with Crippen LogP contribution in [0.15, 0.2) is 35.0 Å². The molecule has 1 aromatic heterocycles. The Morgan fingerprint density at radius 2 is 1.83 bits per heavy atom. The van der Waals surface area contributed by atoms with Crippen molar-refractivity contribution < 1.29 is 4.92 Å². The zero-order valence-electron chi connectivity index (χ0n) is 13.3. The van der Waals surface area contributed by atoms with Crippen LogP contribution in [0.3, 0.4) is 0 Å². The van der Waals surface area contributed by atoms with Crippen LogP contribution >= 0.6 is 11.3 Å². The van der Waals surface area contributed by atoms with E-state index >= 15 is 0 Å². The van der Waals surface area contributed by atoms with Crippen LogP contribution in [-0.2, 0) is 13.1 Å². The van der Waals surface area contributed by atoms with Crippen molar-refractivity contribution in [2.45, 2.75) is 20.0 Å². The Labute approximate surface area is 140 Å². The molecule has 2 heterocycles. The number of hydrogen-bond acceptors (Lipinski definition) is 5. The fraction of sp³-hybridized carbons (Fsp3) is 0.412. The summed E-state index contributed by atoms with van der Waals surface area (Å²) in [5.74, 6) is 0. The number of thiophene rings is 1. The Kier molecular flexibility index (Phi) is 5.05. The van der Waals surface area contributed by atoms with Gasteiger partial charge in [-0.25, -0.2) is 0 Å². The van der Waals surface area contributed by atoms with Crippen molar-refractivity contribution in [1.29, 1.82) is 0 Å². The molecule has 1 aliphatic heterocycles. The molecule has 0 amide bonds. The number of piperazine rings is 1. The number of benzene rings is 1. The van der Waals surface area contributed by atoms with Crippen LogP contribution in [0.1, 0.15) is 16.7 Å². The molecule has 0 radical (unpaired) electrons. The van der Waals surface area contributed by atoms with E-state index in [1.165, 1.54) is 5.56 Å². The second-order valence-corrected chi connectivity index (χ2v) is 6.78. The molecule has 0 saturated carbocycles. The lowest BCUT2D eigenvalue weighted by Crippen LogP contribution is -2.45. The Hall–Kier alpha value is -1.76. The summed E-state index contributed by atoms with van der Waals surface area (Å²) >= 11 is 1.74. The van der Waals surface area contributed by atoms with Crippen LogP contribution in [-0.4, -0.2) is 40.9 Å². The normalized spacial score (nSPS) is 16.6. The lowest BCUT2D eigenvalue weighted by Gasteiger charge is -2.34. The summed E-state index contributed by atoms with van der Waals surface area (Å²) in [4.78, 5) is 15.6. The van der Waals surface area contributed by atoms with E-state index in [-0.39, 0.29) is 10.6 Å². The fourth-order valence-corrected chi connectivity index (χ4v) is 3.69. The summed E-state index contributed by atoms with van der Waals surface area (Å²) in [5.41, 5.74) is 3.46. The molecule has 23 heavy (non-hydrogen) atoms. The van der Waals surface area contributed by atoms with E-state index in [0.717, 1.165) is 50.4 Å². The molecular formula is C17H21N3O2S. The Balaban J connectivity index is 1.57. The van der Waals surface area contributed by atoms with Crippen molar-refractivity contribution in [3.8, 4) is 0 Å². The minimum atomic E-state index is -0.294. The maximum atomic E-state index is 11.0. The molecule has 0 atom stereocenters. The zero-order chi connectivity index (χ0) is 16.2. The maximum Gasteiger partial charge on any atom is 0.272 e. The second-order valence-electron chi connectivity index (χ2n) is 6.00. The molecule has 1 fully saturated rings. The third-order valence-corrected chi connectivity index (χ3v) is 5.19. The fourth-order valence-electron chi connectivity index (χ4n) is 3.03. The van der Waals surface area contributed by atoms with Crippen molar-refractivity contribution in [2.24, 2.45) is 0 Å². The highest BCUT2D eigenvalue weighted by Crippen LogP contribution is 2.23. The van der Waals surface area contributed by atoms with Crippen molar-refractivity contribution in [2.75, 3.05) is 26.2 Å². The SMILES string of the molecule is Cc1c(CN2CCN(Cc3ccsc3)CC2)cccc1[N+](=O)[O-]. The molecule has 0 unspecified atom stereocenters. The van der Waals surface area contributed by atoms with Gasteiger partial charge in [-0.1, -0.05) is 12.1 Å². The average Bonchev–Trinajstić information content (AvgIpc) is 3.04. The Morgan fingerprint density at radius 3 is 2.43 bits per heavy atom. The Bertz CT molecular complexity index is 664. The first kappa shape index (κ1) is 16.1. The molecule has 122 valence electrons. The van der Waals surface area contributed by atoms with Crippen molar-refractivity contribution in [3.63, 3.8) is 0 Å². The number of nitro groups is 1. The van der Waals surface area contributed by atoms with Gasteiger partial charge in [-0.3, -0.25) is 19.9 Å². The molecule has 3 rings (SSSR count). The van der Waals surface area contributed by atoms with Crippen LogP contribution in [0.2, 0.25) is 0 Å². The largest absolute Gasteiger partial charge is 0.297 e. The number of hydrogen-bond donors (Lipinski definition) is 0. The minimum Gasteiger partial charge on any atom is -0.297 e. The van der Waals surface area contributed by atoms with E-state index in [4.69, 9.17) is 0 Å². The van der Waals surface area contributed by atoms with Crippen LogP contribution in [0.5, 0.6) is 0 Å². The highest BCUT2D eigenvalue weighted by atomic mass is 32.1. The number of rotatable bonds is 5. The van der Waals surface area contributed by atoms with Gasteiger partial charge < -0.3 is 0 Å². The maximum absolute atomic E-state index is 11.0. The first-order valence-electron chi connectivity index (χ1n) is 7.82. The average molecular weight is 331 g/mol. The highest BCUT2D eigenvalue weighted by Gasteiger charge is 2.19. The molecule has 0 bridgehead atoms. The first-order chi connectivity index (χ1) is 11.1.